The van der Waals surface area contributed by atoms with Gasteiger partial charge in [0.1, 0.15) is 0 Å². The smallest absolute Gasteiger partial charge is 0.226 e. The van der Waals surface area contributed by atoms with E-state index in [0.29, 0.717) is 12.5 Å². The first kappa shape index (κ1) is 14.8. The summed E-state index contributed by atoms with van der Waals surface area (Å²) in [7, 11) is 0. The molecule has 118 valence electrons. The second kappa shape index (κ2) is 6.77. The van der Waals surface area contributed by atoms with Crippen molar-refractivity contribution < 1.29 is 9.59 Å². The molecule has 0 spiro atoms. The van der Waals surface area contributed by atoms with Crippen LogP contribution in [0.15, 0.2) is 0 Å². The summed E-state index contributed by atoms with van der Waals surface area (Å²) in [6.07, 6.45) is 6.45. The van der Waals surface area contributed by atoms with Crippen molar-refractivity contribution in [2.45, 2.75) is 38.5 Å². The molecule has 1 aliphatic carbocycles. The molecule has 5 heteroatoms. The van der Waals surface area contributed by atoms with E-state index < -0.39 is 0 Å². The fourth-order valence-corrected chi connectivity index (χ4v) is 3.42. The van der Waals surface area contributed by atoms with Crippen molar-refractivity contribution in [2.24, 2.45) is 17.8 Å². The van der Waals surface area contributed by atoms with Gasteiger partial charge < -0.3 is 15.5 Å². The van der Waals surface area contributed by atoms with E-state index in [-0.39, 0.29) is 23.7 Å². The molecule has 3 aliphatic rings. The Bertz CT molecular complexity index is 389. The average molecular weight is 293 g/mol. The molecule has 2 N–H and O–H groups in total. The van der Waals surface area contributed by atoms with Crippen LogP contribution in [0.3, 0.4) is 0 Å². The summed E-state index contributed by atoms with van der Waals surface area (Å²) in [5, 5.41) is 6.37. The van der Waals surface area contributed by atoms with Crippen LogP contribution in [0, 0.1) is 17.8 Å². The summed E-state index contributed by atoms with van der Waals surface area (Å²) in [6.45, 7) is 4.09. The molecule has 0 aromatic rings. The van der Waals surface area contributed by atoms with Gasteiger partial charge in [-0.2, -0.15) is 0 Å². The van der Waals surface area contributed by atoms with Crippen LogP contribution in [0.1, 0.15) is 38.5 Å². The Balaban J connectivity index is 1.49. The van der Waals surface area contributed by atoms with Crippen molar-refractivity contribution in [3.63, 3.8) is 0 Å². The third-order valence-corrected chi connectivity index (χ3v) is 5.01. The van der Waals surface area contributed by atoms with Crippen LogP contribution < -0.4 is 10.6 Å². The minimum atomic E-state index is -0.00185. The highest BCUT2D eigenvalue weighted by Gasteiger charge is 2.32. The Morgan fingerprint density at radius 1 is 1.10 bits per heavy atom. The summed E-state index contributed by atoms with van der Waals surface area (Å²) < 4.78 is 0. The molecule has 5 nitrogen and oxygen atoms in total. The zero-order valence-corrected chi connectivity index (χ0v) is 12.8. The van der Waals surface area contributed by atoms with Gasteiger partial charge in [-0.25, -0.2) is 0 Å². The molecule has 0 aromatic heterocycles. The topological polar surface area (TPSA) is 61.4 Å². The zero-order chi connectivity index (χ0) is 14.7. The first-order chi connectivity index (χ1) is 10.2. The van der Waals surface area contributed by atoms with Crippen molar-refractivity contribution in [1.82, 2.24) is 15.5 Å². The van der Waals surface area contributed by atoms with Crippen LogP contribution >= 0.6 is 0 Å². The number of amides is 2. The highest BCUT2D eigenvalue weighted by molar-refractivity contribution is 5.82. The molecule has 0 bridgehead atoms. The van der Waals surface area contributed by atoms with Gasteiger partial charge in [0.2, 0.25) is 11.8 Å². The van der Waals surface area contributed by atoms with Crippen molar-refractivity contribution in [2.75, 3.05) is 32.7 Å². The molecule has 0 radical (unpaired) electrons. The average Bonchev–Trinajstić information content (AvgIpc) is 3.37. The van der Waals surface area contributed by atoms with Crippen LogP contribution in [-0.4, -0.2) is 49.4 Å². The number of nitrogens with one attached hydrogen (secondary N) is 2. The molecule has 2 heterocycles. The van der Waals surface area contributed by atoms with Gasteiger partial charge in [-0.1, -0.05) is 0 Å². The molecular formula is C16H27N3O2. The summed E-state index contributed by atoms with van der Waals surface area (Å²) in [4.78, 5) is 26.7. The lowest BCUT2D eigenvalue weighted by molar-refractivity contribution is -0.139. The van der Waals surface area contributed by atoms with Crippen molar-refractivity contribution in [3.8, 4) is 0 Å². The molecule has 2 unspecified atom stereocenters. The lowest BCUT2D eigenvalue weighted by atomic mass is 9.93. The SMILES string of the molecule is O=C(NCC1CC1)C1CCCN(C(=O)C2CCCNC2)C1. The van der Waals surface area contributed by atoms with Gasteiger partial charge >= 0.3 is 0 Å². The summed E-state index contributed by atoms with van der Waals surface area (Å²) in [5.74, 6) is 1.23. The monoisotopic (exact) mass is 293 g/mol. The molecule has 0 aromatic carbocycles. The summed E-state index contributed by atoms with van der Waals surface area (Å²) in [6, 6.07) is 0. The van der Waals surface area contributed by atoms with E-state index in [1.807, 2.05) is 4.90 Å². The largest absolute Gasteiger partial charge is 0.356 e. The Labute approximate surface area is 126 Å². The Morgan fingerprint density at radius 3 is 2.62 bits per heavy atom. The van der Waals surface area contributed by atoms with Gasteiger partial charge in [-0.15, -0.1) is 0 Å². The number of hydrogen-bond acceptors (Lipinski definition) is 3. The maximum atomic E-state index is 12.6. The van der Waals surface area contributed by atoms with Gasteiger partial charge in [0.15, 0.2) is 0 Å². The van der Waals surface area contributed by atoms with Crippen LogP contribution in [0.2, 0.25) is 0 Å². The van der Waals surface area contributed by atoms with Gasteiger partial charge in [0.05, 0.1) is 11.8 Å². The number of hydrogen-bond donors (Lipinski definition) is 2. The molecule has 1 saturated carbocycles. The van der Waals surface area contributed by atoms with Gasteiger partial charge in [0, 0.05) is 26.2 Å². The quantitative estimate of drug-likeness (QED) is 0.804. The zero-order valence-electron chi connectivity index (χ0n) is 12.8. The Kier molecular flexibility index (Phi) is 4.78. The number of likely N-dealkylation sites (tertiary alicyclic amines) is 1. The molecule has 2 amide bonds. The summed E-state index contributed by atoms with van der Waals surface area (Å²) >= 11 is 0. The van der Waals surface area contributed by atoms with E-state index in [2.05, 4.69) is 10.6 Å². The molecule has 2 atom stereocenters. The molecule has 3 rings (SSSR count). The number of piperidine rings is 2. The predicted octanol–water partition coefficient (Wildman–Crippen LogP) is 0.751. The number of carbonyl (C=O) groups is 2. The number of nitrogens with zero attached hydrogens (tertiary/aromatic N) is 1. The van der Waals surface area contributed by atoms with E-state index in [1.165, 1.54) is 12.8 Å². The molecule has 21 heavy (non-hydrogen) atoms. The second-order valence-electron chi connectivity index (χ2n) is 6.86. The lowest BCUT2D eigenvalue weighted by Gasteiger charge is -2.35. The van der Waals surface area contributed by atoms with Gasteiger partial charge in [-0.05, 0) is 51.0 Å². The van der Waals surface area contributed by atoms with Crippen molar-refractivity contribution in [1.29, 1.82) is 0 Å². The number of rotatable bonds is 4. The van der Waals surface area contributed by atoms with E-state index in [0.717, 1.165) is 51.9 Å². The molecule has 2 aliphatic heterocycles. The fraction of sp³-hybridized carbons (Fsp3) is 0.875. The van der Waals surface area contributed by atoms with E-state index in [4.69, 9.17) is 0 Å². The number of carbonyl (C=O) groups excluding carboxylic acids is 2. The van der Waals surface area contributed by atoms with Crippen molar-refractivity contribution >= 4 is 11.8 Å². The van der Waals surface area contributed by atoms with Gasteiger partial charge in [0.25, 0.3) is 0 Å². The molecule has 3 fully saturated rings. The standard InChI is InChI=1S/C16H27N3O2/c20-15(18-9-12-5-6-12)14-4-2-8-19(11-14)16(21)13-3-1-7-17-10-13/h12-14,17H,1-11H2,(H,18,20). The molecular weight excluding hydrogens is 266 g/mol. The Morgan fingerprint density at radius 2 is 1.90 bits per heavy atom. The summed E-state index contributed by atoms with van der Waals surface area (Å²) in [5.41, 5.74) is 0. The maximum absolute atomic E-state index is 12.6. The van der Waals surface area contributed by atoms with Crippen LogP contribution in [0.4, 0.5) is 0 Å². The van der Waals surface area contributed by atoms with Crippen molar-refractivity contribution in [3.05, 3.63) is 0 Å². The highest BCUT2D eigenvalue weighted by atomic mass is 16.2. The predicted molar refractivity (Wildman–Crippen MR) is 80.6 cm³/mol. The van der Waals surface area contributed by atoms with Crippen LogP contribution in [0.25, 0.3) is 0 Å². The normalized spacial score (nSPS) is 30.0. The fourth-order valence-electron chi connectivity index (χ4n) is 3.42. The minimum Gasteiger partial charge on any atom is -0.356 e. The molecule has 2 saturated heterocycles. The lowest BCUT2D eigenvalue weighted by Crippen LogP contribution is -2.49. The van der Waals surface area contributed by atoms with E-state index in [9.17, 15) is 9.59 Å². The van der Waals surface area contributed by atoms with E-state index in [1.54, 1.807) is 0 Å². The Hall–Kier alpha value is -1.10. The maximum Gasteiger partial charge on any atom is 0.226 e. The third-order valence-electron chi connectivity index (χ3n) is 5.01. The second-order valence-corrected chi connectivity index (χ2v) is 6.86. The minimum absolute atomic E-state index is 0.00185. The van der Waals surface area contributed by atoms with Crippen LogP contribution in [-0.2, 0) is 9.59 Å². The van der Waals surface area contributed by atoms with E-state index >= 15 is 0 Å². The first-order valence-electron chi connectivity index (χ1n) is 8.51. The third kappa shape index (κ3) is 3.96. The first-order valence-corrected chi connectivity index (χ1v) is 8.51. The van der Waals surface area contributed by atoms with Gasteiger partial charge in [-0.3, -0.25) is 9.59 Å². The van der Waals surface area contributed by atoms with Crippen LogP contribution in [0.5, 0.6) is 0 Å². The highest BCUT2D eigenvalue weighted by Crippen LogP contribution is 2.28.